The zero-order valence-corrected chi connectivity index (χ0v) is 33.4. The summed E-state index contributed by atoms with van der Waals surface area (Å²) in [6.07, 6.45) is 4.47. The summed E-state index contributed by atoms with van der Waals surface area (Å²) in [5.74, 6) is 0. The molecule has 0 aromatic heterocycles. The van der Waals surface area contributed by atoms with Crippen molar-refractivity contribution >= 4 is 57.0 Å². The predicted molar refractivity (Wildman–Crippen MR) is 245 cm³/mol. The zero-order chi connectivity index (χ0) is 39.1. The molecule has 0 aliphatic heterocycles. The lowest BCUT2D eigenvalue weighted by molar-refractivity contribution is 0.590. The Labute approximate surface area is 338 Å². The van der Waals surface area contributed by atoms with Crippen molar-refractivity contribution in [3.05, 3.63) is 216 Å². The van der Waals surface area contributed by atoms with Gasteiger partial charge in [-0.2, -0.15) is 0 Å². The fraction of sp³-hybridized carbons (Fsp3) is 0.127. The second-order valence-corrected chi connectivity index (χ2v) is 16.8. The van der Waals surface area contributed by atoms with Crippen LogP contribution in [-0.2, 0) is 10.8 Å². The Hall–Kier alpha value is -6.64. The van der Waals surface area contributed by atoms with Gasteiger partial charge in [0.25, 0.3) is 0 Å². The average molecular weight is 737 g/mol. The smallest absolute Gasteiger partial charge is 0.0468 e. The highest BCUT2D eigenvalue weighted by atomic mass is 15.1. The van der Waals surface area contributed by atoms with Crippen LogP contribution < -0.4 is 9.80 Å². The third-order valence-electron chi connectivity index (χ3n) is 11.6. The highest BCUT2D eigenvalue weighted by Crippen LogP contribution is 2.51. The maximum Gasteiger partial charge on any atom is 0.0468 e. The molecule has 278 valence electrons. The summed E-state index contributed by atoms with van der Waals surface area (Å²) in [6.45, 7) is 11.6. The molecule has 1 aliphatic rings. The van der Waals surface area contributed by atoms with E-state index in [9.17, 15) is 0 Å². The van der Waals surface area contributed by atoms with Gasteiger partial charge in [0.2, 0.25) is 0 Å². The first-order valence-corrected chi connectivity index (χ1v) is 20.0. The lowest BCUT2D eigenvalue weighted by Gasteiger charge is -2.29. The molecular weight excluding hydrogens is 689 g/mol. The topological polar surface area (TPSA) is 6.48 Å². The first-order valence-electron chi connectivity index (χ1n) is 20.0. The maximum atomic E-state index is 2.42. The molecule has 0 spiro atoms. The normalized spacial score (nSPS) is 13.1. The first kappa shape index (κ1) is 36.0. The molecule has 0 bridgehead atoms. The summed E-state index contributed by atoms with van der Waals surface area (Å²) >= 11 is 0. The summed E-state index contributed by atoms with van der Waals surface area (Å²) in [4.78, 5) is 4.71. The van der Waals surface area contributed by atoms with Crippen molar-refractivity contribution in [3.63, 3.8) is 0 Å². The van der Waals surface area contributed by atoms with Crippen molar-refractivity contribution in [3.8, 4) is 11.1 Å². The molecule has 0 amide bonds. The molecule has 0 N–H and O–H groups in total. The fourth-order valence-electron chi connectivity index (χ4n) is 8.39. The number of rotatable bonds is 8. The molecule has 8 aromatic rings. The molecule has 57 heavy (non-hydrogen) atoms. The summed E-state index contributed by atoms with van der Waals surface area (Å²) in [5, 5.41) is 2.48. The van der Waals surface area contributed by atoms with E-state index >= 15 is 0 Å². The Morgan fingerprint density at radius 3 is 1.46 bits per heavy atom. The fourth-order valence-corrected chi connectivity index (χ4v) is 8.39. The summed E-state index contributed by atoms with van der Waals surface area (Å²) in [7, 11) is 0. The highest BCUT2D eigenvalue weighted by Gasteiger charge is 2.36. The van der Waals surface area contributed by atoms with Crippen LogP contribution in [0, 0.1) is 0 Å². The van der Waals surface area contributed by atoms with Crippen molar-refractivity contribution in [1.29, 1.82) is 0 Å². The molecular formula is C55H48N2. The molecule has 0 fully saturated rings. The van der Waals surface area contributed by atoms with Gasteiger partial charge in [0.05, 0.1) is 0 Å². The van der Waals surface area contributed by atoms with E-state index in [-0.39, 0.29) is 10.8 Å². The van der Waals surface area contributed by atoms with Gasteiger partial charge in [-0.1, -0.05) is 162 Å². The molecule has 0 atom stereocenters. The molecule has 9 rings (SSSR count). The quantitative estimate of drug-likeness (QED) is 0.143. The van der Waals surface area contributed by atoms with Gasteiger partial charge in [-0.25, -0.2) is 0 Å². The largest absolute Gasteiger partial charge is 0.311 e. The van der Waals surface area contributed by atoms with Gasteiger partial charge < -0.3 is 9.80 Å². The van der Waals surface area contributed by atoms with Gasteiger partial charge in [-0.3, -0.25) is 0 Å². The Kier molecular flexibility index (Phi) is 9.14. The van der Waals surface area contributed by atoms with Crippen molar-refractivity contribution in [1.82, 2.24) is 0 Å². The van der Waals surface area contributed by atoms with Crippen LogP contribution in [0.25, 0.3) is 34.1 Å². The van der Waals surface area contributed by atoms with Gasteiger partial charge in [-0.05, 0) is 128 Å². The molecule has 8 aromatic carbocycles. The van der Waals surface area contributed by atoms with Crippen molar-refractivity contribution in [2.75, 3.05) is 9.80 Å². The molecule has 0 heterocycles. The monoisotopic (exact) mass is 736 g/mol. The van der Waals surface area contributed by atoms with E-state index in [1.165, 1.54) is 44.2 Å². The second-order valence-electron chi connectivity index (χ2n) is 16.8. The van der Waals surface area contributed by atoms with E-state index in [2.05, 4.69) is 245 Å². The van der Waals surface area contributed by atoms with Gasteiger partial charge >= 0.3 is 0 Å². The van der Waals surface area contributed by atoms with Crippen LogP contribution in [-0.4, -0.2) is 0 Å². The summed E-state index contributed by atoms with van der Waals surface area (Å²) in [6, 6.07) is 68.5. The Morgan fingerprint density at radius 1 is 0.386 bits per heavy atom. The second kappa shape index (κ2) is 14.5. The van der Waals surface area contributed by atoms with Crippen molar-refractivity contribution in [2.24, 2.45) is 0 Å². The predicted octanol–water partition coefficient (Wildman–Crippen LogP) is 15.6. The van der Waals surface area contributed by atoms with Crippen molar-refractivity contribution < 1.29 is 0 Å². The van der Waals surface area contributed by atoms with E-state index in [1.54, 1.807) is 0 Å². The molecule has 0 saturated carbocycles. The number of hydrogen-bond acceptors (Lipinski definition) is 2. The van der Waals surface area contributed by atoms with Crippen molar-refractivity contribution in [2.45, 2.75) is 45.4 Å². The number of benzene rings is 8. The van der Waals surface area contributed by atoms with E-state index in [0.717, 1.165) is 39.7 Å². The number of para-hydroxylation sites is 2. The molecule has 0 unspecified atom stereocenters. The summed E-state index contributed by atoms with van der Waals surface area (Å²) in [5.41, 5.74) is 15.8. The van der Waals surface area contributed by atoms with E-state index in [4.69, 9.17) is 0 Å². The highest BCUT2D eigenvalue weighted by molar-refractivity contribution is 5.91. The van der Waals surface area contributed by atoms with Crippen LogP contribution in [0.2, 0.25) is 0 Å². The van der Waals surface area contributed by atoms with Gasteiger partial charge in [0, 0.05) is 39.5 Å². The SMILES string of the molecule is CC(C)(C)c1ccc(N(c2ccc3c(c2)C(C)(C)c2cc(C=Cc4ccc(N(c5ccccc5)c5ccccc5)cc4)ccc2-3)c2ccc3ccccc3c2)cc1. The van der Waals surface area contributed by atoms with E-state index in [0.29, 0.717) is 0 Å². The molecule has 1 aliphatic carbocycles. The Balaban J connectivity index is 1.02. The lowest BCUT2D eigenvalue weighted by Crippen LogP contribution is -2.17. The first-order chi connectivity index (χ1) is 27.6. The number of hydrogen-bond donors (Lipinski definition) is 0. The van der Waals surface area contributed by atoms with Crippen LogP contribution in [0.15, 0.2) is 188 Å². The zero-order valence-electron chi connectivity index (χ0n) is 33.4. The Bertz CT molecular complexity index is 2680. The van der Waals surface area contributed by atoms with Gasteiger partial charge in [0.1, 0.15) is 0 Å². The van der Waals surface area contributed by atoms with Gasteiger partial charge in [-0.15, -0.1) is 0 Å². The standard InChI is InChI=1S/C55H48N2/c1-54(2,3)43-26-31-47(32-27-43)57(48-30-25-41-14-12-13-15-42(41)37-48)49-33-35-51-50-34-24-40(36-52(50)55(4,5)53(51)38-49)21-20-39-22-28-46(29-23-39)56(44-16-8-6-9-17-44)45-18-10-7-11-19-45/h6-38H,1-5H3. The Morgan fingerprint density at radius 2 is 0.825 bits per heavy atom. The van der Waals surface area contributed by atoms with Crippen LogP contribution in [0.3, 0.4) is 0 Å². The molecule has 2 heteroatoms. The maximum absolute atomic E-state index is 2.42. The minimum Gasteiger partial charge on any atom is -0.311 e. The molecule has 0 radical (unpaired) electrons. The van der Waals surface area contributed by atoms with E-state index in [1.807, 2.05) is 0 Å². The minimum absolute atomic E-state index is 0.0847. The van der Waals surface area contributed by atoms with E-state index < -0.39 is 0 Å². The molecule has 2 nitrogen and oxygen atoms in total. The van der Waals surface area contributed by atoms with Crippen LogP contribution in [0.4, 0.5) is 34.1 Å². The number of anilines is 6. The minimum atomic E-state index is -0.171. The third kappa shape index (κ3) is 6.93. The number of fused-ring (bicyclic) bond motifs is 4. The summed E-state index contributed by atoms with van der Waals surface area (Å²) < 4.78 is 0. The van der Waals surface area contributed by atoms with Crippen LogP contribution >= 0.6 is 0 Å². The van der Waals surface area contributed by atoms with Crippen LogP contribution in [0.1, 0.15) is 62.4 Å². The number of nitrogens with zero attached hydrogens (tertiary/aromatic N) is 2. The van der Waals surface area contributed by atoms with Gasteiger partial charge in [0.15, 0.2) is 0 Å². The third-order valence-corrected chi connectivity index (χ3v) is 11.6. The lowest BCUT2D eigenvalue weighted by atomic mass is 9.81. The average Bonchev–Trinajstić information content (AvgIpc) is 3.46. The van der Waals surface area contributed by atoms with Crippen LogP contribution in [0.5, 0.6) is 0 Å². The molecule has 0 saturated heterocycles.